The van der Waals surface area contributed by atoms with E-state index in [0.29, 0.717) is 19.6 Å². The van der Waals surface area contributed by atoms with Gasteiger partial charge < -0.3 is 20.6 Å². The molecule has 1 atom stereocenters. The van der Waals surface area contributed by atoms with Gasteiger partial charge in [-0.15, -0.1) is 0 Å². The van der Waals surface area contributed by atoms with Gasteiger partial charge in [-0.2, -0.15) is 0 Å². The third-order valence-corrected chi connectivity index (χ3v) is 3.97. The number of nitrogens with zero attached hydrogens (tertiary/aromatic N) is 1. The van der Waals surface area contributed by atoms with Crippen LogP contribution in [0.15, 0.2) is 24.3 Å². The minimum Gasteiger partial charge on any atom is -0.478 e. The Labute approximate surface area is 134 Å². The number of likely N-dealkylation sites (tertiary alicyclic amines) is 1. The van der Waals surface area contributed by atoms with Crippen molar-refractivity contribution >= 4 is 17.9 Å². The van der Waals surface area contributed by atoms with Gasteiger partial charge in [0.15, 0.2) is 0 Å². The smallest absolute Gasteiger partial charge is 0.335 e. The molecule has 1 aliphatic rings. The number of hydrogen-bond acceptors (Lipinski definition) is 3. The molecule has 1 unspecified atom stereocenters. The molecule has 7 heteroatoms. The fourth-order valence-corrected chi connectivity index (χ4v) is 2.63. The Morgan fingerprint density at radius 2 is 1.96 bits per heavy atom. The number of piperidine rings is 1. The van der Waals surface area contributed by atoms with Gasteiger partial charge in [0.05, 0.1) is 11.5 Å². The summed E-state index contributed by atoms with van der Waals surface area (Å²) in [5.74, 6) is -1.17. The van der Waals surface area contributed by atoms with Crippen LogP contribution in [0.2, 0.25) is 0 Å². The highest BCUT2D eigenvalue weighted by molar-refractivity contribution is 5.87. The molecule has 3 amide bonds. The monoisotopic (exact) mass is 319 g/mol. The quantitative estimate of drug-likeness (QED) is 0.772. The van der Waals surface area contributed by atoms with Gasteiger partial charge in [-0.3, -0.25) is 4.79 Å². The number of carboxylic acids is 1. The van der Waals surface area contributed by atoms with E-state index in [0.717, 1.165) is 18.4 Å². The van der Waals surface area contributed by atoms with Crippen molar-refractivity contribution in [3.05, 3.63) is 35.4 Å². The highest BCUT2D eigenvalue weighted by Gasteiger charge is 2.27. The number of nitrogens with one attached hydrogen (secondary N) is 2. The number of carbonyl (C=O) groups is 3. The molecule has 1 fully saturated rings. The van der Waals surface area contributed by atoms with Gasteiger partial charge in [-0.25, -0.2) is 9.59 Å². The van der Waals surface area contributed by atoms with Crippen molar-refractivity contribution in [3.8, 4) is 0 Å². The van der Waals surface area contributed by atoms with E-state index in [1.165, 1.54) is 12.1 Å². The molecule has 0 spiro atoms. The van der Waals surface area contributed by atoms with Crippen molar-refractivity contribution in [2.75, 3.05) is 20.1 Å². The molecule has 0 saturated carbocycles. The summed E-state index contributed by atoms with van der Waals surface area (Å²) in [5.41, 5.74) is 1.03. The molecule has 2 rings (SSSR count). The molecule has 0 bridgehead atoms. The average molecular weight is 319 g/mol. The van der Waals surface area contributed by atoms with Gasteiger partial charge in [0.2, 0.25) is 5.91 Å². The van der Waals surface area contributed by atoms with Crippen LogP contribution in [0, 0.1) is 5.92 Å². The second-order valence-electron chi connectivity index (χ2n) is 5.56. The lowest BCUT2D eigenvalue weighted by Crippen LogP contribution is -2.48. The lowest BCUT2D eigenvalue weighted by atomic mass is 9.97. The molecule has 0 aromatic heterocycles. The largest absolute Gasteiger partial charge is 0.478 e. The first kappa shape index (κ1) is 16.8. The zero-order chi connectivity index (χ0) is 16.8. The first-order chi connectivity index (χ1) is 11.0. The standard InChI is InChI=1S/C16H21N3O4/c1-17-14(20)13-3-2-8-19(10-13)16(23)18-9-11-4-6-12(7-5-11)15(21)22/h4-7,13H,2-3,8-10H2,1H3,(H,17,20)(H,18,23)(H,21,22). The Hall–Kier alpha value is -2.57. The van der Waals surface area contributed by atoms with Gasteiger partial charge in [-0.05, 0) is 30.5 Å². The predicted octanol–water partition coefficient (Wildman–Crippen LogP) is 1.05. The van der Waals surface area contributed by atoms with Crippen LogP contribution in [0.4, 0.5) is 4.79 Å². The van der Waals surface area contributed by atoms with Gasteiger partial charge in [0, 0.05) is 26.7 Å². The van der Waals surface area contributed by atoms with E-state index in [1.54, 1.807) is 24.1 Å². The molecule has 0 radical (unpaired) electrons. The van der Waals surface area contributed by atoms with Crippen molar-refractivity contribution in [2.24, 2.45) is 5.92 Å². The van der Waals surface area contributed by atoms with Gasteiger partial charge in [0.1, 0.15) is 0 Å². The third-order valence-electron chi connectivity index (χ3n) is 3.97. The van der Waals surface area contributed by atoms with Crippen molar-refractivity contribution in [1.29, 1.82) is 0 Å². The van der Waals surface area contributed by atoms with Crippen molar-refractivity contribution in [2.45, 2.75) is 19.4 Å². The van der Waals surface area contributed by atoms with Gasteiger partial charge >= 0.3 is 12.0 Å². The summed E-state index contributed by atoms with van der Waals surface area (Å²) < 4.78 is 0. The first-order valence-corrected chi connectivity index (χ1v) is 7.58. The normalized spacial score (nSPS) is 17.4. The third kappa shape index (κ3) is 4.45. The summed E-state index contributed by atoms with van der Waals surface area (Å²) in [6.45, 7) is 1.38. The van der Waals surface area contributed by atoms with Crippen LogP contribution in [-0.4, -0.2) is 48.1 Å². The number of benzene rings is 1. The van der Waals surface area contributed by atoms with Crippen LogP contribution in [0.25, 0.3) is 0 Å². The topological polar surface area (TPSA) is 98.7 Å². The molecule has 0 aliphatic carbocycles. The van der Waals surface area contributed by atoms with Crippen LogP contribution < -0.4 is 10.6 Å². The van der Waals surface area contributed by atoms with E-state index in [1.807, 2.05) is 0 Å². The zero-order valence-corrected chi connectivity index (χ0v) is 13.0. The van der Waals surface area contributed by atoms with Crippen molar-refractivity contribution in [3.63, 3.8) is 0 Å². The van der Waals surface area contributed by atoms with Crippen molar-refractivity contribution in [1.82, 2.24) is 15.5 Å². The van der Waals surface area contributed by atoms with E-state index in [2.05, 4.69) is 10.6 Å². The molecule has 23 heavy (non-hydrogen) atoms. The number of amides is 3. The molecular weight excluding hydrogens is 298 g/mol. The summed E-state index contributed by atoms with van der Waals surface area (Å²) >= 11 is 0. The Morgan fingerprint density at radius 3 is 2.57 bits per heavy atom. The van der Waals surface area contributed by atoms with Crippen LogP contribution in [0.3, 0.4) is 0 Å². The highest BCUT2D eigenvalue weighted by atomic mass is 16.4. The van der Waals surface area contributed by atoms with E-state index in [4.69, 9.17) is 5.11 Å². The van der Waals surface area contributed by atoms with Gasteiger partial charge in [0.25, 0.3) is 0 Å². The van der Waals surface area contributed by atoms with E-state index >= 15 is 0 Å². The molecule has 1 aliphatic heterocycles. The van der Waals surface area contributed by atoms with E-state index in [-0.39, 0.29) is 23.4 Å². The molecule has 1 saturated heterocycles. The maximum absolute atomic E-state index is 12.2. The number of rotatable bonds is 4. The maximum Gasteiger partial charge on any atom is 0.335 e. The van der Waals surface area contributed by atoms with Crippen LogP contribution in [0.5, 0.6) is 0 Å². The van der Waals surface area contributed by atoms with Crippen molar-refractivity contribution < 1.29 is 19.5 Å². The number of carbonyl (C=O) groups excluding carboxylic acids is 2. The van der Waals surface area contributed by atoms with Crippen LogP contribution >= 0.6 is 0 Å². The number of carboxylic acid groups (broad SMARTS) is 1. The summed E-state index contributed by atoms with van der Waals surface area (Å²) in [6.07, 6.45) is 1.60. The van der Waals surface area contributed by atoms with Crippen LogP contribution in [-0.2, 0) is 11.3 Å². The van der Waals surface area contributed by atoms with E-state index < -0.39 is 5.97 Å². The minimum absolute atomic E-state index is 0.0354. The highest BCUT2D eigenvalue weighted by Crippen LogP contribution is 2.16. The summed E-state index contributed by atoms with van der Waals surface area (Å²) in [4.78, 5) is 36.3. The number of hydrogen-bond donors (Lipinski definition) is 3. The number of urea groups is 1. The fourth-order valence-electron chi connectivity index (χ4n) is 2.63. The summed E-state index contributed by atoms with van der Waals surface area (Å²) in [6, 6.07) is 6.15. The molecular formula is C16H21N3O4. The van der Waals surface area contributed by atoms with E-state index in [9.17, 15) is 14.4 Å². The summed E-state index contributed by atoms with van der Waals surface area (Å²) in [5, 5.41) is 14.3. The fraction of sp³-hybridized carbons (Fsp3) is 0.438. The second-order valence-corrected chi connectivity index (χ2v) is 5.56. The minimum atomic E-state index is -0.978. The molecule has 3 N–H and O–H groups in total. The Morgan fingerprint density at radius 1 is 1.26 bits per heavy atom. The zero-order valence-electron chi connectivity index (χ0n) is 13.0. The lowest BCUT2D eigenvalue weighted by Gasteiger charge is -2.31. The second kappa shape index (κ2) is 7.62. The Kier molecular flexibility index (Phi) is 5.56. The first-order valence-electron chi connectivity index (χ1n) is 7.58. The molecule has 1 aromatic carbocycles. The SMILES string of the molecule is CNC(=O)C1CCCN(C(=O)NCc2ccc(C(=O)O)cc2)C1. The molecule has 7 nitrogen and oxygen atoms in total. The molecule has 1 aromatic rings. The lowest BCUT2D eigenvalue weighted by molar-refractivity contribution is -0.125. The molecule has 124 valence electrons. The maximum atomic E-state index is 12.2. The Bertz CT molecular complexity index is 585. The number of aromatic carboxylic acids is 1. The average Bonchev–Trinajstić information content (AvgIpc) is 2.59. The predicted molar refractivity (Wildman–Crippen MR) is 84.0 cm³/mol. The Balaban J connectivity index is 1.86. The van der Waals surface area contributed by atoms with Gasteiger partial charge in [-0.1, -0.05) is 12.1 Å². The van der Waals surface area contributed by atoms with Crippen LogP contribution in [0.1, 0.15) is 28.8 Å². The molecule has 1 heterocycles. The summed E-state index contributed by atoms with van der Waals surface area (Å²) in [7, 11) is 1.60.